The summed E-state index contributed by atoms with van der Waals surface area (Å²) < 4.78 is 4.99. The molecule has 0 fully saturated rings. The molecule has 21 heavy (non-hydrogen) atoms. The molecule has 1 rings (SSSR count). The first-order valence-corrected chi connectivity index (χ1v) is 7.39. The average Bonchev–Trinajstić information content (AvgIpc) is 2.50. The van der Waals surface area contributed by atoms with Crippen molar-refractivity contribution in [2.45, 2.75) is 12.8 Å². The van der Waals surface area contributed by atoms with E-state index < -0.39 is 0 Å². The van der Waals surface area contributed by atoms with Crippen molar-refractivity contribution in [3.05, 3.63) is 35.9 Å². The van der Waals surface area contributed by atoms with E-state index in [0.717, 1.165) is 12.8 Å². The van der Waals surface area contributed by atoms with Crippen LogP contribution >= 0.6 is 0 Å². The highest BCUT2D eigenvalue weighted by Crippen LogP contribution is 2.01. The molecule has 0 saturated carbocycles. The van der Waals surface area contributed by atoms with Crippen LogP contribution < -0.4 is 5.32 Å². The maximum Gasteiger partial charge on any atom is 0.234 e. The number of hydrogen-bond donors (Lipinski definition) is 2. The van der Waals surface area contributed by atoms with Gasteiger partial charge in [-0.2, -0.15) is 0 Å². The molecule has 1 amide bonds. The zero-order chi connectivity index (χ0) is 15.3. The van der Waals surface area contributed by atoms with Gasteiger partial charge in [0.2, 0.25) is 5.91 Å². The number of amides is 1. The normalized spacial score (nSPS) is 10.8. The van der Waals surface area contributed by atoms with Crippen molar-refractivity contribution in [2.24, 2.45) is 0 Å². The van der Waals surface area contributed by atoms with Gasteiger partial charge in [0, 0.05) is 26.7 Å². The molecule has 0 aromatic heterocycles. The number of benzene rings is 1. The molecule has 0 radical (unpaired) electrons. The van der Waals surface area contributed by atoms with Crippen LogP contribution in [0.4, 0.5) is 0 Å². The quantitative estimate of drug-likeness (QED) is 0.589. The molecule has 0 atom stereocenters. The first-order valence-electron chi connectivity index (χ1n) is 7.39. The molecule has 2 N–H and O–H groups in total. The predicted molar refractivity (Wildman–Crippen MR) is 83.2 cm³/mol. The number of carbonyl (C=O) groups excluding carboxylic acids is 1. The fourth-order valence-corrected chi connectivity index (χ4v) is 2.06. The van der Waals surface area contributed by atoms with E-state index >= 15 is 0 Å². The second kappa shape index (κ2) is 11.3. The first kappa shape index (κ1) is 17.6. The number of ether oxygens (including phenoxy) is 1. The highest BCUT2D eigenvalue weighted by Gasteiger charge is 2.09. The Morgan fingerprint density at radius 3 is 2.71 bits per heavy atom. The molecule has 5 nitrogen and oxygen atoms in total. The molecule has 0 unspecified atom stereocenters. The van der Waals surface area contributed by atoms with Gasteiger partial charge in [-0.15, -0.1) is 0 Å². The van der Waals surface area contributed by atoms with E-state index in [2.05, 4.69) is 17.4 Å². The van der Waals surface area contributed by atoms with Crippen molar-refractivity contribution < 1.29 is 14.6 Å². The Balaban J connectivity index is 2.16. The van der Waals surface area contributed by atoms with E-state index in [1.807, 2.05) is 23.1 Å². The summed E-state index contributed by atoms with van der Waals surface area (Å²) in [4.78, 5) is 13.7. The second-order valence-corrected chi connectivity index (χ2v) is 4.93. The molecule has 0 saturated heterocycles. The van der Waals surface area contributed by atoms with E-state index in [-0.39, 0.29) is 12.5 Å². The lowest BCUT2D eigenvalue weighted by Gasteiger charge is -2.20. The van der Waals surface area contributed by atoms with Crippen molar-refractivity contribution in [3.8, 4) is 0 Å². The summed E-state index contributed by atoms with van der Waals surface area (Å²) in [5.41, 5.74) is 1.29. The standard InChI is InChI=1S/C16H26N2O3/c1-21-13-11-18(10-12-19)14-16(20)17-9-5-8-15-6-3-2-4-7-15/h2-4,6-7,19H,5,8-14H2,1H3,(H,17,20). The minimum Gasteiger partial charge on any atom is -0.395 e. The van der Waals surface area contributed by atoms with Gasteiger partial charge in [0.15, 0.2) is 0 Å². The number of hydrogen-bond acceptors (Lipinski definition) is 4. The van der Waals surface area contributed by atoms with Gasteiger partial charge in [-0.25, -0.2) is 0 Å². The van der Waals surface area contributed by atoms with Gasteiger partial charge >= 0.3 is 0 Å². The molecule has 118 valence electrons. The van der Waals surface area contributed by atoms with Crippen molar-refractivity contribution >= 4 is 5.91 Å². The van der Waals surface area contributed by atoms with Crippen molar-refractivity contribution in [1.82, 2.24) is 10.2 Å². The number of carbonyl (C=O) groups is 1. The Labute approximate surface area is 126 Å². The fraction of sp³-hybridized carbons (Fsp3) is 0.562. The monoisotopic (exact) mass is 294 g/mol. The van der Waals surface area contributed by atoms with Gasteiger partial charge in [-0.05, 0) is 18.4 Å². The van der Waals surface area contributed by atoms with Crippen LogP contribution in [0.2, 0.25) is 0 Å². The van der Waals surface area contributed by atoms with E-state index in [1.165, 1.54) is 5.56 Å². The molecule has 1 aromatic rings. The molecule has 0 aliphatic carbocycles. The fourth-order valence-electron chi connectivity index (χ4n) is 2.06. The number of rotatable bonds is 11. The lowest BCUT2D eigenvalue weighted by Crippen LogP contribution is -2.40. The highest BCUT2D eigenvalue weighted by atomic mass is 16.5. The summed E-state index contributed by atoms with van der Waals surface area (Å²) in [5, 5.41) is 11.9. The van der Waals surface area contributed by atoms with Crippen LogP contribution in [0.5, 0.6) is 0 Å². The second-order valence-electron chi connectivity index (χ2n) is 4.93. The molecule has 0 aliphatic heterocycles. The number of aliphatic hydroxyl groups excluding tert-OH is 1. The third kappa shape index (κ3) is 8.45. The van der Waals surface area contributed by atoms with Gasteiger partial charge in [0.05, 0.1) is 19.8 Å². The number of aryl methyl sites for hydroxylation is 1. The molecule has 0 spiro atoms. The first-order chi connectivity index (χ1) is 10.3. The van der Waals surface area contributed by atoms with Crippen molar-refractivity contribution in [2.75, 3.05) is 46.5 Å². The van der Waals surface area contributed by atoms with Gasteiger partial charge < -0.3 is 15.2 Å². The van der Waals surface area contributed by atoms with E-state index in [0.29, 0.717) is 32.8 Å². The SMILES string of the molecule is COCCN(CCO)CC(=O)NCCCc1ccccc1. The molecule has 5 heteroatoms. The van der Waals surface area contributed by atoms with Crippen LogP contribution in [0.1, 0.15) is 12.0 Å². The van der Waals surface area contributed by atoms with Crippen LogP contribution in [0.15, 0.2) is 30.3 Å². The van der Waals surface area contributed by atoms with Crippen LogP contribution in [0.3, 0.4) is 0 Å². The summed E-state index contributed by atoms with van der Waals surface area (Å²) in [6, 6.07) is 10.2. The lowest BCUT2D eigenvalue weighted by atomic mass is 10.1. The Kier molecular flexibility index (Phi) is 9.44. The number of aliphatic hydroxyl groups is 1. The zero-order valence-corrected chi connectivity index (χ0v) is 12.8. The van der Waals surface area contributed by atoms with Crippen LogP contribution in [-0.2, 0) is 16.0 Å². The molecular weight excluding hydrogens is 268 g/mol. The Hall–Kier alpha value is -1.43. The predicted octanol–water partition coefficient (Wildman–Crippen LogP) is 0.676. The van der Waals surface area contributed by atoms with Crippen LogP contribution in [0, 0.1) is 0 Å². The number of nitrogens with zero attached hydrogens (tertiary/aromatic N) is 1. The zero-order valence-electron chi connectivity index (χ0n) is 12.8. The Morgan fingerprint density at radius 1 is 1.29 bits per heavy atom. The Morgan fingerprint density at radius 2 is 2.05 bits per heavy atom. The van der Waals surface area contributed by atoms with Gasteiger partial charge in [-0.1, -0.05) is 30.3 Å². The average molecular weight is 294 g/mol. The van der Waals surface area contributed by atoms with Gasteiger partial charge in [-0.3, -0.25) is 9.69 Å². The topological polar surface area (TPSA) is 61.8 Å². The lowest BCUT2D eigenvalue weighted by molar-refractivity contribution is -0.122. The van der Waals surface area contributed by atoms with E-state index in [4.69, 9.17) is 9.84 Å². The summed E-state index contributed by atoms with van der Waals surface area (Å²) in [7, 11) is 1.63. The highest BCUT2D eigenvalue weighted by molar-refractivity contribution is 5.77. The Bertz CT molecular complexity index is 384. The summed E-state index contributed by atoms with van der Waals surface area (Å²) in [6.07, 6.45) is 1.89. The number of nitrogens with one attached hydrogen (secondary N) is 1. The largest absolute Gasteiger partial charge is 0.395 e. The van der Waals surface area contributed by atoms with Gasteiger partial charge in [0.1, 0.15) is 0 Å². The summed E-state index contributed by atoms with van der Waals surface area (Å²) >= 11 is 0. The summed E-state index contributed by atoms with van der Waals surface area (Å²) in [6.45, 7) is 2.71. The molecular formula is C16H26N2O3. The van der Waals surface area contributed by atoms with Crippen LogP contribution in [-0.4, -0.2) is 62.4 Å². The van der Waals surface area contributed by atoms with E-state index in [1.54, 1.807) is 7.11 Å². The minimum atomic E-state index is -0.00684. The molecule has 1 aromatic carbocycles. The molecule has 0 aliphatic rings. The molecule has 0 heterocycles. The minimum absolute atomic E-state index is 0.00684. The smallest absolute Gasteiger partial charge is 0.234 e. The maximum absolute atomic E-state index is 11.8. The van der Waals surface area contributed by atoms with Crippen LogP contribution in [0.25, 0.3) is 0 Å². The van der Waals surface area contributed by atoms with Crippen molar-refractivity contribution in [1.29, 1.82) is 0 Å². The molecule has 0 bridgehead atoms. The maximum atomic E-state index is 11.8. The van der Waals surface area contributed by atoms with Gasteiger partial charge in [0.25, 0.3) is 0 Å². The third-order valence-electron chi connectivity index (χ3n) is 3.20. The number of methoxy groups -OCH3 is 1. The third-order valence-corrected chi connectivity index (χ3v) is 3.20. The van der Waals surface area contributed by atoms with Crippen molar-refractivity contribution in [3.63, 3.8) is 0 Å². The summed E-state index contributed by atoms with van der Waals surface area (Å²) in [5.74, 6) is -0.00684. The van der Waals surface area contributed by atoms with E-state index in [9.17, 15) is 4.79 Å².